The molecule has 20 heavy (non-hydrogen) atoms. The molecule has 0 radical (unpaired) electrons. The first kappa shape index (κ1) is 15.4. The molecule has 1 N–H and O–H groups in total. The molecule has 2 rings (SSSR count). The highest BCUT2D eigenvalue weighted by molar-refractivity contribution is 7.91. The number of aromatic hydroxyl groups is 1. The summed E-state index contributed by atoms with van der Waals surface area (Å²) in [5.74, 6) is -0.00417. The minimum atomic E-state index is -3.66. The molecule has 0 aromatic heterocycles. The third kappa shape index (κ3) is 3.20. The third-order valence-corrected chi connectivity index (χ3v) is 5.08. The van der Waals surface area contributed by atoms with E-state index in [1.165, 1.54) is 48.5 Å². The zero-order valence-electron chi connectivity index (χ0n) is 9.92. The summed E-state index contributed by atoms with van der Waals surface area (Å²) in [5.41, 5.74) is 0.382. The Morgan fingerprint density at radius 2 is 1.20 bits per heavy atom. The number of hydrogen-bond donors (Lipinski definition) is 1. The predicted octanol–water partition coefficient (Wildman–Crippen LogP) is 4.05. The van der Waals surface area contributed by atoms with Crippen LogP contribution in [0.15, 0.2) is 58.3 Å². The van der Waals surface area contributed by atoms with E-state index in [0.29, 0.717) is 5.56 Å². The van der Waals surface area contributed by atoms with Crippen LogP contribution in [0.5, 0.6) is 5.75 Å². The molecule has 2 aromatic rings. The van der Waals surface area contributed by atoms with Gasteiger partial charge in [-0.2, -0.15) is 0 Å². The Bertz CT molecular complexity index is 702. The van der Waals surface area contributed by atoms with Crippen LogP contribution in [0.4, 0.5) is 0 Å². The van der Waals surface area contributed by atoms with Gasteiger partial charge in [0.25, 0.3) is 0 Å². The van der Waals surface area contributed by atoms with Gasteiger partial charge in [-0.05, 0) is 36.4 Å². The minimum absolute atomic E-state index is 0.00417. The second-order valence-electron chi connectivity index (χ2n) is 4.02. The quantitative estimate of drug-likeness (QED) is 0.830. The number of rotatable bonds is 2. The number of halogens is 3. The van der Waals surface area contributed by atoms with Crippen molar-refractivity contribution in [3.05, 3.63) is 54.1 Å². The van der Waals surface area contributed by atoms with Gasteiger partial charge in [0.2, 0.25) is 13.6 Å². The average Bonchev–Trinajstić information content (AvgIpc) is 2.38. The highest BCUT2D eigenvalue weighted by atomic mass is 35.6. The standard InChI is InChI=1S/C13H9Cl3O3S/c14-13(15,16)9-1-5-11(6-2-9)20(18,19)12-7-3-10(17)4-8-12/h1-8,17H. The fourth-order valence-electron chi connectivity index (χ4n) is 1.58. The summed E-state index contributed by atoms with van der Waals surface area (Å²) in [6.07, 6.45) is 0. The zero-order chi connectivity index (χ0) is 15.0. The zero-order valence-corrected chi connectivity index (χ0v) is 13.0. The number of phenols is 1. The highest BCUT2D eigenvalue weighted by Crippen LogP contribution is 2.38. The Balaban J connectivity index is 2.42. The number of benzene rings is 2. The molecule has 0 heterocycles. The molecule has 0 fully saturated rings. The van der Waals surface area contributed by atoms with Gasteiger partial charge in [-0.25, -0.2) is 8.42 Å². The van der Waals surface area contributed by atoms with Crippen LogP contribution in [-0.4, -0.2) is 13.5 Å². The lowest BCUT2D eigenvalue weighted by Crippen LogP contribution is -2.04. The fourth-order valence-corrected chi connectivity index (χ4v) is 3.22. The second-order valence-corrected chi connectivity index (χ2v) is 8.25. The molecule has 0 aliphatic rings. The second kappa shape index (κ2) is 5.45. The first-order valence-electron chi connectivity index (χ1n) is 5.42. The Morgan fingerprint density at radius 3 is 1.60 bits per heavy atom. The van der Waals surface area contributed by atoms with Crippen molar-refractivity contribution in [1.82, 2.24) is 0 Å². The summed E-state index contributed by atoms with van der Waals surface area (Å²) in [4.78, 5) is 0.165. The topological polar surface area (TPSA) is 54.4 Å². The van der Waals surface area contributed by atoms with E-state index in [2.05, 4.69) is 0 Å². The summed E-state index contributed by atoms with van der Waals surface area (Å²) in [5, 5.41) is 9.18. The maximum Gasteiger partial charge on any atom is 0.216 e. The normalized spacial score (nSPS) is 12.3. The van der Waals surface area contributed by atoms with Crippen LogP contribution in [0.25, 0.3) is 0 Å². The maximum atomic E-state index is 12.3. The summed E-state index contributed by atoms with van der Waals surface area (Å²) in [7, 11) is -3.66. The largest absolute Gasteiger partial charge is 0.508 e. The molecular weight excluding hydrogens is 343 g/mol. The lowest BCUT2D eigenvalue weighted by atomic mass is 10.2. The molecule has 0 aliphatic carbocycles. The molecule has 0 aliphatic heterocycles. The fraction of sp³-hybridized carbons (Fsp3) is 0.0769. The van der Waals surface area contributed by atoms with Crippen molar-refractivity contribution < 1.29 is 13.5 Å². The summed E-state index contributed by atoms with van der Waals surface area (Å²) in [6.45, 7) is 0. The summed E-state index contributed by atoms with van der Waals surface area (Å²) < 4.78 is 23.1. The van der Waals surface area contributed by atoms with Gasteiger partial charge in [0.05, 0.1) is 9.79 Å². The Hall–Kier alpha value is -0.940. The van der Waals surface area contributed by atoms with E-state index in [0.717, 1.165) is 0 Å². The first-order chi connectivity index (χ1) is 9.21. The van der Waals surface area contributed by atoms with Crippen LogP contribution in [0.1, 0.15) is 5.56 Å². The van der Waals surface area contributed by atoms with Crippen molar-refractivity contribution in [2.24, 2.45) is 0 Å². The molecule has 0 spiro atoms. The number of hydrogen-bond acceptors (Lipinski definition) is 3. The van der Waals surface area contributed by atoms with Crippen LogP contribution in [0.3, 0.4) is 0 Å². The van der Waals surface area contributed by atoms with Crippen LogP contribution >= 0.6 is 34.8 Å². The third-order valence-electron chi connectivity index (χ3n) is 2.64. The summed E-state index contributed by atoms with van der Waals surface area (Å²) in [6, 6.07) is 10.9. The van der Waals surface area contributed by atoms with Gasteiger partial charge in [-0.1, -0.05) is 46.9 Å². The smallest absolute Gasteiger partial charge is 0.216 e. The van der Waals surface area contributed by atoms with E-state index in [9.17, 15) is 13.5 Å². The van der Waals surface area contributed by atoms with Crippen molar-refractivity contribution in [3.8, 4) is 5.75 Å². The molecule has 7 heteroatoms. The average molecular weight is 352 g/mol. The van der Waals surface area contributed by atoms with Crippen molar-refractivity contribution >= 4 is 44.6 Å². The number of alkyl halides is 3. The molecule has 0 unspecified atom stereocenters. The molecule has 0 atom stereocenters. The van der Waals surface area contributed by atoms with Crippen molar-refractivity contribution in [2.75, 3.05) is 0 Å². The lowest BCUT2D eigenvalue weighted by Gasteiger charge is -2.12. The monoisotopic (exact) mass is 350 g/mol. The van der Waals surface area contributed by atoms with E-state index in [-0.39, 0.29) is 15.5 Å². The van der Waals surface area contributed by atoms with Gasteiger partial charge >= 0.3 is 0 Å². The Morgan fingerprint density at radius 1 is 0.800 bits per heavy atom. The molecular formula is C13H9Cl3O3S. The molecule has 106 valence electrons. The van der Waals surface area contributed by atoms with Crippen molar-refractivity contribution in [1.29, 1.82) is 0 Å². The Labute approximate surface area is 131 Å². The van der Waals surface area contributed by atoms with E-state index < -0.39 is 13.6 Å². The first-order valence-corrected chi connectivity index (χ1v) is 8.04. The van der Waals surface area contributed by atoms with E-state index >= 15 is 0 Å². The van der Waals surface area contributed by atoms with Gasteiger partial charge in [0.15, 0.2) is 0 Å². The molecule has 0 saturated carbocycles. The van der Waals surface area contributed by atoms with E-state index in [1.807, 2.05) is 0 Å². The highest BCUT2D eigenvalue weighted by Gasteiger charge is 2.24. The van der Waals surface area contributed by atoms with Crippen LogP contribution in [0, 0.1) is 0 Å². The molecule has 0 saturated heterocycles. The number of sulfone groups is 1. The minimum Gasteiger partial charge on any atom is -0.508 e. The Kier molecular flexibility index (Phi) is 4.21. The van der Waals surface area contributed by atoms with Gasteiger partial charge in [0.1, 0.15) is 5.75 Å². The number of phenolic OH excluding ortho intramolecular Hbond substituents is 1. The van der Waals surface area contributed by atoms with Crippen LogP contribution in [0.2, 0.25) is 0 Å². The predicted molar refractivity (Wildman–Crippen MR) is 79.2 cm³/mol. The van der Waals surface area contributed by atoms with Gasteiger partial charge < -0.3 is 5.11 Å². The van der Waals surface area contributed by atoms with Crippen LogP contribution in [-0.2, 0) is 13.6 Å². The van der Waals surface area contributed by atoms with Gasteiger partial charge in [-0.15, -0.1) is 0 Å². The van der Waals surface area contributed by atoms with Crippen LogP contribution < -0.4 is 0 Å². The SMILES string of the molecule is O=S(=O)(c1ccc(O)cc1)c1ccc(C(Cl)(Cl)Cl)cc1. The van der Waals surface area contributed by atoms with Gasteiger partial charge in [-0.3, -0.25) is 0 Å². The summed E-state index contributed by atoms with van der Waals surface area (Å²) >= 11 is 17.1. The van der Waals surface area contributed by atoms with Crippen molar-refractivity contribution in [3.63, 3.8) is 0 Å². The van der Waals surface area contributed by atoms with Gasteiger partial charge in [0, 0.05) is 5.56 Å². The van der Waals surface area contributed by atoms with E-state index in [4.69, 9.17) is 34.8 Å². The molecule has 3 nitrogen and oxygen atoms in total. The van der Waals surface area contributed by atoms with E-state index in [1.54, 1.807) is 0 Å². The maximum absolute atomic E-state index is 12.3. The molecule has 0 amide bonds. The lowest BCUT2D eigenvalue weighted by molar-refractivity contribution is 0.475. The molecule has 0 bridgehead atoms. The molecule has 2 aromatic carbocycles. The van der Waals surface area contributed by atoms with Crippen molar-refractivity contribution in [2.45, 2.75) is 13.6 Å².